The summed E-state index contributed by atoms with van der Waals surface area (Å²) in [7, 11) is 0. The largest absolute Gasteiger partial charge is 0.460 e. The highest BCUT2D eigenvalue weighted by Gasteiger charge is 2.35. The summed E-state index contributed by atoms with van der Waals surface area (Å²) in [6, 6.07) is 9.57. The summed E-state index contributed by atoms with van der Waals surface area (Å²) >= 11 is 1.06. The Morgan fingerprint density at radius 3 is 2.48 bits per heavy atom. The zero-order valence-electron chi connectivity index (χ0n) is 15.6. The van der Waals surface area contributed by atoms with Crippen LogP contribution in [-0.4, -0.2) is 15.8 Å². The number of rotatable bonds is 11. The normalized spacial score (nSPS) is 13.6. The molecule has 3 nitrogen and oxygen atoms in total. The Morgan fingerprint density at radius 1 is 1.12 bits per heavy atom. The Kier molecular flexibility index (Phi) is 10.2. The average molecular weight is 363 g/mol. The fraction of sp³-hybridized carbons (Fsp3) is 0.524. The van der Waals surface area contributed by atoms with Gasteiger partial charge in [-0.15, -0.1) is 0 Å². The van der Waals surface area contributed by atoms with Gasteiger partial charge in [-0.2, -0.15) is 0 Å². The summed E-state index contributed by atoms with van der Waals surface area (Å²) < 4.78 is 4.51. The standard InChI is InChI=1S/C21H30O3S/c1-4-6-7-8-9-13-16-21(3,25-19(22)5-2)20(23)24-17-18-14-11-10-12-15-18/h10-16H,4-9,17H2,1-3H3/b16-13+/t21-/m0/s1. The van der Waals surface area contributed by atoms with Crippen LogP contribution in [0.15, 0.2) is 42.5 Å². The van der Waals surface area contributed by atoms with Crippen molar-refractivity contribution in [3.05, 3.63) is 48.0 Å². The number of allylic oxidation sites excluding steroid dienone is 1. The Bertz CT molecular complexity index is 554. The van der Waals surface area contributed by atoms with Crippen LogP contribution in [0, 0.1) is 0 Å². The second kappa shape index (κ2) is 11.9. The fourth-order valence-corrected chi connectivity index (χ4v) is 3.24. The van der Waals surface area contributed by atoms with Crippen LogP contribution in [0.3, 0.4) is 0 Å². The molecule has 0 N–H and O–H groups in total. The van der Waals surface area contributed by atoms with Crippen molar-refractivity contribution in [2.45, 2.75) is 70.7 Å². The number of ether oxygens (including phenoxy) is 1. The maximum atomic E-state index is 12.6. The minimum absolute atomic E-state index is 0.00482. The van der Waals surface area contributed by atoms with Crippen molar-refractivity contribution in [3.8, 4) is 0 Å². The summed E-state index contributed by atoms with van der Waals surface area (Å²) in [5.41, 5.74) is 0.938. The molecule has 0 saturated carbocycles. The Labute approximate surface area is 156 Å². The molecule has 0 spiro atoms. The van der Waals surface area contributed by atoms with Gasteiger partial charge in [0.15, 0.2) is 5.12 Å². The summed E-state index contributed by atoms with van der Waals surface area (Å²) in [5.74, 6) is -0.368. The highest BCUT2D eigenvalue weighted by atomic mass is 32.2. The van der Waals surface area contributed by atoms with Gasteiger partial charge in [-0.25, -0.2) is 0 Å². The van der Waals surface area contributed by atoms with Crippen LogP contribution in [0.2, 0.25) is 0 Å². The molecule has 1 rings (SSSR count). The maximum Gasteiger partial charge on any atom is 0.326 e. The van der Waals surface area contributed by atoms with Crippen LogP contribution in [0.1, 0.15) is 64.9 Å². The summed E-state index contributed by atoms with van der Waals surface area (Å²) in [5, 5.41) is -0.00482. The van der Waals surface area contributed by atoms with E-state index in [0.29, 0.717) is 6.42 Å². The van der Waals surface area contributed by atoms with E-state index in [1.54, 1.807) is 13.8 Å². The number of unbranched alkanes of at least 4 members (excludes halogenated alkanes) is 4. The third-order valence-electron chi connectivity index (χ3n) is 3.89. The molecule has 0 aromatic heterocycles. The van der Waals surface area contributed by atoms with Crippen molar-refractivity contribution in [1.29, 1.82) is 0 Å². The number of thioether (sulfide) groups is 1. The quantitative estimate of drug-likeness (QED) is 0.288. The summed E-state index contributed by atoms with van der Waals surface area (Å²) in [6.45, 7) is 5.98. The van der Waals surface area contributed by atoms with Crippen molar-refractivity contribution in [2.75, 3.05) is 0 Å². The molecule has 0 aliphatic heterocycles. The van der Waals surface area contributed by atoms with Crippen molar-refractivity contribution in [3.63, 3.8) is 0 Å². The van der Waals surface area contributed by atoms with Gasteiger partial charge in [-0.3, -0.25) is 9.59 Å². The lowest BCUT2D eigenvalue weighted by Gasteiger charge is -2.22. The highest BCUT2D eigenvalue weighted by molar-refractivity contribution is 8.15. The van der Waals surface area contributed by atoms with Gasteiger partial charge in [0.25, 0.3) is 0 Å². The van der Waals surface area contributed by atoms with Crippen molar-refractivity contribution < 1.29 is 14.3 Å². The van der Waals surface area contributed by atoms with Gasteiger partial charge in [-0.1, -0.05) is 87.4 Å². The third kappa shape index (κ3) is 8.39. The topological polar surface area (TPSA) is 43.4 Å². The van der Waals surface area contributed by atoms with Gasteiger partial charge in [0.05, 0.1) is 0 Å². The van der Waals surface area contributed by atoms with Crippen LogP contribution in [-0.2, 0) is 20.9 Å². The second-order valence-electron chi connectivity index (χ2n) is 6.25. The number of benzene rings is 1. The average Bonchev–Trinajstić information content (AvgIpc) is 2.63. The lowest BCUT2D eigenvalue weighted by atomic mass is 10.1. The molecule has 0 saturated heterocycles. The van der Waals surface area contributed by atoms with E-state index >= 15 is 0 Å². The molecule has 0 amide bonds. The van der Waals surface area contributed by atoms with Crippen LogP contribution >= 0.6 is 11.8 Å². The second-order valence-corrected chi connectivity index (χ2v) is 7.76. The molecule has 0 heterocycles. The minimum atomic E-state index is -0.966. The molecule has 1 atom stereocenters. The van der Waals surface area contributed by atoms with Crippen molar-refractivity contribution >= 4 is 22.8 Å². The van der Waals surface area contributed by atoms with Crippen LogP contribution in [0.4, 0.5) is 0 Å². The Balaban J connectivity index is 2.67. The predicted octanol–water partition coefficient (Wildman–Crippen LogP) is 5.68. The molecule has 25 heavy (non-hydrogen) atoms. The maximum absolute atomic E-state index is 12.6. The molecule has 4 heteroatoms. The van der Waals surface area contributed by atoms with E-state index in [2.05, 4.69) is 6.92 Å². The Hall–Kier alpha value is -1.55. The van der Waals surface area contributed by atoms with E-state index in [4.69, 9.17) is 4.74 Å². The lowest BCUT2D eigenvalue weighted by molar-refractivity contribution is -0.146. The van der Waals surface area contributed by atoms with Gasteiger partial charge < -0.3 is 4.74 Å². The molecule has 0 bridgehead atoms. The molecular weight excluding hydrogens is 332 g/mol. The fourth-order valence-electron chi connectivity index (χ4n) is 2.32. The van der Waals surface area contributed by atoms with Crippen LogP contribution in [0.25, 0.3) is 0 Å². The van der Waals surface area contributed by atoms with E-state index in [-0.39, 0.29) is 17.7 Å². The molecule has 0 radical (unpaired) electrons. The first kappa shape index (κ1) is 21.5. The van der Waals surface area contributed by atoms with Gasteiger partial charge in [0.1, 0.15) is 11.4 Å². The van der Waals surface area contributed by atoms with Crippen LogP contribution < -0.4 is 0 Å². The number of hydrogen-bond acceptors (Lipinski definition) is 4. The highest BCUT2D eigenvalue weighted by Crippen LogP contribution is 2.30. The predicted molar refractivity (Wildman–Crippen MR) is 105 cm³/mol. The van der Waals surface area contributed by atoms with Crippen molar-refractivity contribution in [2.24, 2.45) is 0 Å². The van der Waals surface area contributed by atoms with E-state index in [9.17, 15) is 9.59 Å². The number of hydrogen-bond donors (Lipinski definition) is 0. The van der Waals surface area contributed by atoms with Gasteiger partial charge in [0, 0.05) is 6.42 Å². The zero-order chi connectivity index (χ0) is 18.5. The first-order chi connectivity index (χ1) is 12.0. The van der Waals surface area contributed by atoms with Crippen molar-refractivity contribution in [1.82, 2.24) is 0 Å². The van der Waals surface area contributed by atoms with E-state index < -0.39 is 4.75 Å². The number of carbonyl (C=O) groups is 2. The smallest absolute Gasteiger partial charge is 0.326 e. The molecule has 0 aliphatic rings. The Morgan fingerprint density at radius 2 is 1.84 bits per heavy atom. The summed E-state index contributed by atoms with van der Waals surface area (Å²) in [6.07, 6.45) is 9.89. The molecule has 0 aliphatic carbocycles. The third-order valence-corrected chi connectivity index (χ3v) is 5.14. The SMILES string of the molecule is CCCCCC/C=C/[C@](C)(SC(=O)CC)C(=O)OCc1ccccc1. The number of esters is 1. The first-order valence-corrected chi connectivity index (χ1v) is 9.94. The van der Waals surface area contributed by atoms with Gasteiger partial charge in [0.2, 0.25) is 0 Å². The number of carbonyl (C=O) groups excluding carboxylic acids is 2. The monoisotopic (exact) mass is 362 g/mol. The molecule has 1 aromatic carbocycles. The van der Waals surface area contributed by atoms with Crippen LogP contribution in [0.5, 0.6) is 0 Å². The molecular formula is C21H30O3S. The molecule has 0 unspecified atom stereocenters. The van der Waals surface area contributed by atoms with E-state index in [1.165, 1.54) is 19.3 Å². The van der Waals surface area contributed by atoms with E-state index in [1.807, 2.05) is 42.5 Å². The molecule has 138 valence electrons. The summed E-state index contributed by atoms with van der Waals surface area (Å²) in [4.78, 5) is 24.5. The minimum Gasteiger partial charge on any atom is -0.460 e. The molecule has 1 aromatic rings. The lowest BCUT2D eigenvalue weighted by Crippen LogP contribution is -2.32. The van der Waals surface area contributed by atoms with E-state index in [0.717, 1.165) is 30.2 Å². The molecule has 0 fully saturated rings. The van der Waals surface area contributed by atoms with Gasteiger partial charge in [-0.05, 0) is 25.3 Å². The first-order valence-electron chi connectivity index (χ1n) is 9.12. The zero-order valence-corrected chi connectivity index (χ0v) is 16.4. The van der Waals surface area contributed by atoms with Gasteiger partial charge >= 0.3 is 5.97 Å².